The Labute approximate surface area is 153 Å². The van der Waals surface area contributed by atoms with Crippen molar-refractivity contribution >= 4 is 23.5 Å². The molecule has 5 heteroatoms. The minimum absolute atomic E-state index is 0.0413. The van der Waals surface area contributed by atoms with E-state index < -0.39 is 5.97 Å². The fourth-order valence-electron chi connectivity index (χ4n) is 2.39. The summed E-state index contributed by atoms with van der Waals surface area (Å²) in [4.78, 5) is 23.8. The molecule has 1 amide bonds. The third kappa shape index (κ3) is 5.61. The lowest BCUT2D eigenvalue weighted by Crippen LogP contribution is -2.31. The molecule has 1 atom stereocenters. The molecule has 0 saturated heterocycles. The van der Waals surface area contributed by atoms with Crippen molar-refractivity contribution in [2.45, 2.75) is 33.2 Å². The monoisotopic (exact) mass is 359 g/mol. The van der Waals surface area contributed by atoms with Crippen LogP contribution in [0.3, 0.4) is 0 Å². The van der Waals surface area contributed by atoms with Crippen molar-refractivity contribution in [2.75, 3.05) is 6.61 Å². The second-order valence-corrected chi connectivity index (χ2v) is 6.47. The topological polar surface area (TPSA) is 55.4 Å². The maximum Gasteiger partial charge on any atom is 0.310 e. The predicted molar refractivity (Wildman–Crippen MR) is 98.6 cm³/mol. The average molecular weight is 360 g/mol. The van der Waals surface area contributed by atoms with E-state index in [-0.39, 0.29) is 25.0 Å². The summed E-state index contributed by atoms with van der Waals surface area (Å²) in [7, 11) is 0. The van der Waals surface area contributed by atoms with Crippen molar-refractivity contribution in [3.05, 3.63) is 69.7 Å². The van der Waals surface area contributed by atoms with E-state index in [4.69, 9.17) is 16.3 Å². The number of benzene rings is 2. The van der Waals surface area contributed by atoms with Gasteiger partial charge in [-0.2, -0.15) is 0 Å². The van der Waals surface area contributed by atoms with Crippen molar-refractivity contribution in [1.82, 2.24) is 5.32 Å². The van der Waals surface area contributed by atoms with E-state index in [1.165, 1.54) is 11.1 Å². The molecule has 0 saturated carbocycles. The molecule has 4 nitrogen and oxygen atoms in total. The molecule has 0 aliphatic rings. The van der Waals surface area contributed by atoms with Crippen molar-refractivity contribution in [2.24, 2.45) is 0 Å². The van der Waals surface area contributed by atoms with Gasteiger partial charge in [-0.05, 0) is 49.1 Å². The second kappa shape index (κ2) is 8.67. The number of carbonyl (C=O) groups excluding carboxylic acids is 2. The molecule has 0 heterocycles. The Bertz CT molecular complexity index is 773. The van der Waals surface area contributed by atoms with Gasteiger partial charge in [-0.1, -0.05) is 48.0 Å². The van der Waals surface area contributed by atoms with Crippen LogP contribution < -0.4 is 5.32 Å². The van der Waals surface area contributed by atoms with Crippen LogP contribution in [0.4, 0.5) is 0 Å². The van der Waals surface area contributed by atoms with Crippen LogP contribution in [0.25, 0.3) is 0 Å². The van der Waals surface area contributed by atoms with E-state index >= 15 is 0 Å². The summed E-state index contributed by atoms with van der Waals surface area (Å²) in [5.74, 6) is -0.819. The van der Waals surface area contributed by atoms with Gasteiger partial charge in [0.05, 0.1) is 12.5 Å². The number of nitrogens with one attached hydrogen (secondary N) is 1. The first kappa shape index (κ1) is 19.0. The first-order chi connectivity index (χ1) is 11.9. The summed E-state index contributed by atoms with van der Waals surface area (Å²) in [5.41, 5.74) is 4.07. The maximum atomic E-state index is 12.0. The molecule has 0 bridgehead atoms. The predicted octanol–water partition coefficient (Wildman–Crippen LogP) is 3.92. The molecule has 1 N–H and O–H groups in total. The minimum Gasteiger partial charge on any atom is -0.455 e. The zero-order chi connectivity index (χ0) is 18.4. The molecular formula is C20H22ClNO3. The maximum absolute atomic E-state index is 12.0. The lowest BCUT2D eigenvalue weighted by molar-refractivity contribution is -0.148. The van der Waals surface area contributed by atoms with Gasteiger partial charge in [0.1, 0.15) is 0 Å². The van der Waals surface area contributed by atoms with Crippen LogP contribution in [0.1, 0.15) is 35.2 Å². The zero-order valence-electron chi connectivity index (χ0n) is 14.6. The normalized spacial score (nSPS) is 11.7. The van der Waals surface area contributed by atoms with Gasteiger partial charge in [-0.15, -0.1) is 0 Å². The molecule has 2 rings (SSSR count). The number of hydrogen-bond acceptors (Lipinski definition) is 3. The van der Waals surface area contributed by atoms with Crippen LogP contribution >= 0.6 is 11.6 Å². The number of rotatable bonds is 6. The van der Waals surface area contributed by atoms with Gasteiger partial charge >= 0.3 is 5.97 Å². The Morgan fingerprint density at radius 3 is 2.52 bits per heavy atom. The van der Waals surface area contributed by atoms with Gasteiger partial charge in [0.25, 0.3) is 5.91 Å². The van der Waals surface area contributed by atoms with Gasteiger partial charge in [0, 0.05) is 5.02 Å². The van der Waals surface area contributed by atoms with Gasteiger partial charge in [-0.3, -0.25) is 9.59 Å². The van der Waals surface area contributed by atoms with Crippen LogP contribution in [-0.2, 0) is 20.7 Å². The Balaban J connectivity index is 1.82. The summed E-state index contributed by atoms with van der Waals surface area (Å²) in [6.07, 6.45) is 0.0413. The molecule has 0 spiro atoms. The molecule has 0 aliphatic carbocycles. The highest BCUT2D eigenvalue weighted by atomic mass is 35.5. The SMILES string of the molecule is Cc1ccc(C(C)NC(=O)COC(=O)Cc2ccccc2Cl)cc1C. The molecular weight excluding hydrogens is 338 g/mol. The largest absolute Gasteiger partial charge is 0.455 e. The number of hydrogen-bond donors (Lipinski definition) is 1. The number of esters is 1. The summed E-state index contributed by atoms with van der Waals surface area (Å²) >= 11 is 6.00. The summed E-state index contributed by atoms with van der Waals surface area (Å²) < 4.78 is 5.03. The summed E-state index contributed by atoms with van der Waals surface area (Å²) in [5, 5.41) is 3.34. The number of ether oxygens (including phenoxy) is 1. The Morgan fingerprint density at radius 2 is 1.84 bits per heavy atom. The van der Waals surface area contributed by atoms with E-state index in [0.717, 1.165) is 5.56 Å². The molecule has 1 unspecified atom stereocenters. The van der Waals surface area contributed by atoms with Gasteiger partial charge < -0.3 is 10.1 Å². The van der Waals surface area contributed by atoms with E-state index in [9.17, 15) is 9.59 Å². The Kier molecular flexibility index (Phi) is 6.59. The summed E-state index contributed by atoms with van der Waals surface area (Å²) in [6, 6.07) is 12.9. The quantitative estimate of drug-likeness (QED) is 0.795. The van der Waals surface area contributed by atoms with E-state index in [1.807, 2.05) is 39.0 Å². The highest BCUT2D eigenvalue weighted by Crippen LogP contribution is 2.17. The van der Waals surface area contributed by atoms with Crippen molar-refractivity contribution < 1.29 is 14.3 Å². The van der Waals surface area contributed by atoms with Crippen LogP contribution in [0, 0.1) is 13.8 Å². The molecule has 0 fully saturated rings. The van der Waals surface area contributed by atoms with Crippen molar-refractivity contribution in [3.8, 4) is 0 Å². The Morgan fingerprint density at radius 1 is 1.12 bits per heavy atom. The molecule has 0 aromatic heterocycles. The number of carbonyl (C=O) groups is 2. The summed E-state index contributed by atoms with van der Waals surface area (Å²) in [6.45, 7) is 5.66. The smallest absolute Gasteiger partial charge is 0.310 e. The molecule has 2 aromatic carbocycles. The first-order valence-corrected chi connectivity index (χ1v) is 8.50. The first-order valence-electron chi connectivity index (χ1n) is 8.12. The molecule has 0 radical (unpaired) electrons. The number of halogens is 1. The zero-order valence-corrected chi connectivity index (χ0v) is 15.4. The highest BCUT2D eigenvalue weighted by Gasteiger charge is 2.13. The number of amides is 1. The highest BCUT2D eigenvalue weighted by molar-refractivity contribution is 6.31. The van der Waals surface area contributed by atoms with Crippen LogP contribution in [0.15, 0.2) is 42.5 Å². The second-order valence-electron chi connectivity index (χ2n) is 6.06. The van der Waals surface area contributed by atoms with Crippen LogP contribution in [-0.4, -0.2) is 18.5 Å². The Hall–Kier alpha value is -2.33. The number of aryl methyl sites for hydroxylation is 2. The minimum atomic E-state index is -0.484. The average Bonchev–Trinajstić information content (AvgIpc) is 2.57. The third-order valence-electron chi connectivity index (χ3n) is 4.07. The van der Waals surface area contributed by atoms with Crippen molar-refractivity contribution in [3.63, 3.8) is 0 Å². The fourth-order valence-corrected chi connectivity index (χ4v) is 2.60. The van der Waals surface area contributed by atoms with Crippen LogP contribution in [0.5, 0.6) is 0 Å². The third-order valence-corrected chi connectivity index (χ3v) is 4.43. The fraction of sp³-hybridized carbons (Fsp3) is 0.300. The molecule has 132 valence electrons. The molecule has 2 aromatic rings. The van der Waals surface area contributed by atoms with Gasteiger partial charge in [0.15, 0.2) is 6.61 Å². The van der Waals surface area contributed by atoms with Gasteiger partial charge in [0.2, 0.25) is 0 Å². The van der Waals surface area contributed by atoms with E-state index in [0.29, 0.717) is 10.6 Å². The van der Waals surface area contributed by atoms with E-state index in [2.05, 4.69) is 5.32 Å². The van der Waals surface area contributed by atoms with Gasteiger partial charge in [-0.25, -0.2) is 0 Å². The lowest BCUT2D eigenvalue weighted by atomic mass is 10.0. The standard InChI is InChI=1S/C20H22ClNO3/c1-13-8-9-16(10-14(13)2)15(3)22-19(23)12-25-20(24)11-17-6-4-5-7-18(17)21/h4-10,15H,11-12H2,1-3H3,(H,22,23). The van der Waals surface area contributed by atoms with E-state index in [1.54, 1.807) is 24.3 Å². The molecule has 0 aliphatic heterocycles. The van der Waals surface area contributed by atoms with Crippen molar-refractivity contribution in [1.29, 1.82) is 0 Å². The molecule has 25 heavy (non-hydrogen) atoms. The van der Waals surface area contributed by atoms with Crippen LogP contribution in [0.2, 0.25) is 5.02 Å². The lowest BCUT2D eigenvalue weighted by Gasteiger charge is -2.16.